The number of urea groups is 1. The number of benzene rings is 1. The number of amides is 4. The fourth-order valence-electron chi connectivity index (χ4n) is 1.98. The molecule has 1 unspecified atom stereocenters. The predicted molar refractivity (Wildman–Crippen MR) is 74.0 cm³/mol. The summed E-state index contributed by atoms with van der Waals surface area (Å²) in [5.74, 6) is -0.354. The summed E-state index contributed by atoms with van der Waals surface area (Å²) in [7, 11) is 0. The average Bonchev–Trinajstić information content (AvgIpc) is 2.41. The van der Waals surface area contributed by atoms with Crippen molar-refractivity contribution >= 4 is 29.2 Å². The number of primary amides is 1. The molecule has 1 aromatic carbocycles. The van der Waals surface area contributed by atoms with Gasteiger partial charge >= 0.3 is 6.03 Å². The van der Waals surface area contributed by atoms with Crippen LogP contribution in [0, 0.1) is 5.92 Å². The van der Waals surface area contributed by atoms with Crippen LogP contribution in [-0.2, 0) is 9.59 Å². The van der Waals surface area contributed by atoms with Crippen molar-refractivity contribution in [1.29, 1.82) is 0 Å². The Morgan fingerprint density at radius 3 is 2.25 bits per heavy atom. The Kier molecular flexibility index (Phi) is 4.19. The van der Waals surface area contributed by atoms with E-state index in [4.69, 9.17) is 5.73 Å². The molecule has 1 atom stereocenters. The Hall–Kier alpha value is -2.57. The number of carbonyl (C=O) groups excluding carboxylic acids is 3. The van der Waals surface area contributed by atoms with E-state index in [1.165, 1.54) is 0 Å². The number of nitrogens with one attached hydrogen (secondary N) is 3. The Morgan fingerprint density at radius 1 is 1.15 bits per heavy atom. The largest absolute Gasteiger partial charge is 0.355 e. The number of nitrogens with two attached hydrogens (primary N) is 1. The molecule has 0 aromatic heterocycles. The van der Waals surface area contributed by atoms with Crippen LogP contribution in [0.25, 0.3) is 0 Å². The SMILES string of the molecule is NC(=O)Nc1ccc(NC(=O)C2CCC(=O)NC2)cc1. The molecule has 0 aliphatic carbocycles. The second kappa shape index (κ2) is 6.05. The minimum Gasteiger partial charge on any atom is -0.355 e. The summed E-state index contributed by atoms with van der Waals surface area (Å²) in [6.07, 6.45) is 0.929. The second-order valence-electron chi connectivity index (χ2n) is 4.60. The molecule has 0 saturated carbocycles. The summed E-state index contributed by atoms with van der Waals surface area (Å²) in [5.41, 5.74) is 6.18. The van der Waals surface area contributed by atoms with E-state index in [2.05, 4.69) is 16.0 Å². The maximum Gasteiger partial charge on any atom is 0.316 e. The van der Waals surface area contributed by atoms with Gasteiger partial charge in [0.05, 0.1) is 5.92 Å². The van der Waals surface area contributed by atoms with Crippen LogP contribution in [0.3, 0.4) is 0 Å². The molecule has 1 aromatic rings. The van der Waals surface area contributed by atoms with E-state index in [1.807, 2.05) is 0 Å². The molecule has 1 heterocycles. The number of rotatable bonds is 3. The van der Waals surface area contributed by atoms with Crippen LogP contribution < -0.4 is 21.7 Å². The van der Waals surface area contributed by atoms with Crippen LogP contribution in [0.5, 0.6) is 0 Å². The van der Waals surface area contributed by atoms with Crippen LogP contribution >= 0.6 is 0 Å². The van der Waals surface area contributed by atoms with Gasteiger partial charge in [-0.15, -0.1) is 0 Å². The number of hydrogen-bond acceptors (Lipinski definition) is 3. The van der Waals surface area contributed by atoms with Gasteiger partial charge in [0, 0.05) is 24.3 Å². The molecule has 1 aliphatic rings. The zero-order valence-corrected chi connectivity index (χ0v) is 10.8. The second-order valence-corrected chi connectivity index (χ2v) is 4.60. The summed E-state index contributed by atoms with van der Waals surface area (Å²) >= 11 is 0. The van der Waals surface area contributed by atoms with E-state index in [-0.39, 0.29) is 17.7 Å². The minimum absolute atomic E-state index is 0.0177. The first-order valence-corrected chi connectivity index (χ1v) is 6.28. The standard InChI is InChI=1S/C13H16N4O3/c14-13(20)17-10-4-2-9(3-5-10)16-12(19)8-1-6-11(18)15-7-8/h2-5,8H,1,6-7H2,(H,15,18)(H,16,19)(H3,14,17,20). The van der Waals surface area contributed by atoms with Gasteiger partial charge in [0.1, 0.15) is 0 Å². The van der Waals surface area contributed by atoms with Crippen LogP contribution in [0.4, 0.5) is 16.2 Å². The highest BCUT2D eigenvalue weighted by molar-refractivity contribution is 5.94. The van der Waals surface area contributed by atoms with E-state index in [0.29, 0.717) is 30.8 Å². The predicted octanol–water partition coefficient (Wildman–Crippen LogP) is 0.642. The van der Waals surface area contributed by atoms with Gasteiger partial charge in [0.15, 0.2) is 0 Å². The van der Waals surface area contributed by atoms with Gasteiger partial charge in [-0.2, -0.15) is 0 Å². The van der Waals surface area contributed by atoms with Crippen LogP contribution in [0.2, 0.25) is 0 Å². The Morgan fingerprint density at radius 2 is 1.75 bits per heavy atom. The van der Waals surface area contributed by atoms with Gasteiger partial charge in [-0.25, -0.2) is 4.79 Å². The molecular formula is C13H16N4O3. The fourth-order valence-corrected chi connectivity index (χ4v) is 1.98. The van der Waals surface area contributed by atoms with Gasteiger partial charge in [-0.05, 0) is 30.7 Å². The van der Waals surface area contributed by atoms with Crippen molar-refractivity contribution < 1.29 is 14.4 Å². The summed E-state index contributed by atoms with van der Waals surface area (Å²) in [6.45, 7) is 0.367. The lowest BCUT2D eigenvalue weighted by molar-refractivity contribution is -0.126. The average molecular weight is 276 g/mol. The molecule has 2 rings (SSSR count). The van der Waals surface area contributed by atoms with E-state index in [9.17, 15) is 14.4 Å². The van der Waals surface area contributed by atoms with Gasteiger partial charge in [0.2, 0.25) is 11.8 Å². The Balaban J connectivity index is 1.91. The highest BCUT2D eigenvalue weighted by Crippen LogP contribution is 2.17. The molecule has 7 heteroatoms. The molecule has 4 amide bonds. The first kappa shape index (κ1) is 13.9. The van der Waals surface area contributed by atoms with Crippen molar-refractivity contribution in [2.24, 2.45) is 11.7 Å². The molecule has 0 radical (unpaired) electrons. The van der Waals surface area contributed by atoms with Gasteiger partial charge in [0.25, 0.3) is 0 Å². The Bertz CT molecular complexity index is 517. The molecule has 0 spiro atoms. The molecular weight excluding hydrogens is 260 g/mol. The number of hydrogen-bond donors (Lipinski definition) is 4. The maximum absolute atomic E-state index is 12.0. The summed E-state index contributed by atoms with van der Waals surface area (Å²) in [6, 6.07) is 5.99. The van der Waals surface area contributed by atoms with Crippen molar-refractivity contribution in [1.82, 2.24) is 5.32 Å². The van der Waals surface area contributed by atoms with Crippen LogP contribution in [-0.4, -0.2) is 24.4 Å². The zero-order chi connectivity index (χ0) is 14.5. The summed E-state index contributed by atoms with van der Waals surface area (Å²) in [5, 5.41) is 7.87. The van der Waals surface area contributed by atoms with Crippen molar-refractivity contribution in [3.63, 3.8) is 0 Å². The lowest BCUT2D eigenvalue weighted by Crippen LogP contribution is -2.40. The van der Waals surface area contributed by atoms with E-state index < -0.39 is 6.03 Å². The topological polar surface area (TPSA) is 113 Å². The third kappa shape index (κ3) is 3.71. The maximum atomic E-state index is 12.0. The molecule has 1 saturated heterocycles. The van der Waals surface area contributed by atoms with Crippen molar-refractivity contribution in [2.75, 3.05) is 17.2 Å². The summed E-state index contributed by atoms with van der Waals surface area (Å²) < 4.78 is 0. The number of carbonyl (C=O) groups is 3. The van der Waals surface area contributed by atoms with E-state index in [0.717, 1.165) is 0 Å². The zero-order valence-electron chi connectivity index (χ0n) is 10.8. The molecule has 20 heavy (non-hydrogen) atoms. The van der Waals surface area contributed by atoms with Crippen LogP contribution in [0.1, 0.15) is 12.8 Å². The van der Waals surface area contributed by atoms with Crippen LogP contribution in [0.15, 0.2) is 24.3 Å². The summed E-state index contributed by atoms with van der Waals surface area (Å²) in [4.78, 5) is 33.7. The molecule has 0 bridgehead atoms. The third-order valence-corrected chi connectivity index (χ3v) is 3.06. The van der Waals surface area contributed by atoms with Gasteiger partial charge < -0.3 is 21.7 Å². The molecule has 7 nitrogen and oxygen atoms in total. The first-order valence-electron chi connectivity index (χ1n) is 6.28. The monoisotopic (exact) mass is 276 g/mol. The number of piperidine rings is 1. The van der Waals surface area contributed by atoms with Crippen molar-refractivity contribution in [2.45, 2.75) is 12.8 Å². The van der Waals surface area contributed by atoms with Crippen molar-refractivity contribution in [3.8, 4) is 0 Å². The highest BCUT2D eigenvalue weighted by atomic mass is 16.2. The molecule has 5 N–H and O–H groups in total. The quantitative estimate of drug-likeness (QED) is 0.649. The minimum atomic E-state index is -0.639. The van der Waals surface area contributed by atoms with Gasteiger partial charge in [-0.1, -0.05) is 0 Å². The lowest BCUT2D eigenvalue weighted by atomic mass is 9.98. The smallest absolute Gasteiger partial charge is 0.316 e. The number of anilines is 2. The highest BCUT2D eigenvalue weighted by Gasteiger charge is 2.24. The molecule has 1 aliphatic heterocycles. The van der Waals surface area contributed by atoms with E-state index >= 15 is 0 Å². The first-order chi connectivity index (χ1) is 9.54. The van der Waals surface area contributed by atoms with E-state index in [1.54, 1.807) is 24.3 Å². The lowest BCUT2D eigenvalue weighted by Gasteiger charge is -2.21. The fraction of sp³-hybridized carbons (Fsp3) is 0.308. The molecule has 1 fully saturated rings. The normalized spacial score (nSPS) is 18.0. The van der Waals surface area contributed by atoms with Gasteiger partial charge in [-0.3, -0.25) is 9.59 Å². The Labute approximate surface area is 115 Å². The van der Waals surface area contributed by atoms with Crippen molar-refractivity contribution in [3.05, 3.63) is 24.3 Å². The molecule has 106 valence electrons. The third-order valence-electron chi connectivity index (χ3n) is 3.06.